The first-order valence-electron chi connectivity index (χ1n) is 9.77. The van der Waals surface area contributed by atoms with Gasteiger partial charge in [-0.15, -0.1) is 11.3 Å². The van der Waals surface area contributed by atoms with Gasteiger partial charge in [-0.05, 0) is 63.3 Å². The van der Waals surface area contributed by atoms with Crippen molar-refractivity contribution in [3.63, 3.8) is 0 Å². The molecule has 1 aromatic heterocycles. The highest BCUT2D eigenvalue weighted by atomic mass is 32.2. The summed E-state index contributed by atoms with van der Waals surface area (Å²) in [7, 11) is -3.56. The lowest BCUT2D eigenvalue weighted by molar-refractivity contribution is 0.0954. The normalized spacial score (nSPS) is 15.1. The Morgan fingerprint density at radius 3 is 2.61 bits per heavy atom. The van der Waals surface area contributed by atoms with Crippen LogP contribution in [0.3, 0.4) is 0 Å². The molecule has 0 bridgehead atoms. The molecular weight excluding hydrogens is 394 g/mol. The molecule has 0 saturated heterocycles. The van der Waals surface area contributed by atoms with E-state index in [2.05, 4.69) is 15.0 Å². The summed E-state index contributed by atoms with van der Waals surface area (Å²) in [6.45, 7) is 4.25. The highest BCUT2D eigenvalue weighted by Gasteiger charge is 2.18. The van der Waals surface area contributed by atoms with Gasteiger partial charge in [0.15, 0.2) is 0 Å². The van der Waals surface area contributed by atoms with Crippen molar-refractivity contribution >= 4 is 27.3 Å². The molecule has 1 atom stereocenters. The van der Waals surface area contributed by atoms with Gasteiger partial charge in [0, 0.05) is 29.4 Å². The molecule has 1 unspecified atom stereocenters. The van der Waals surface area contributed by atoms with Gasteiger partial charge < -0.3 is 5.32 Å². The summed E-state index contributed by atoms with van der Waals surface area (Å²) in [4.78, 5) is 18.6. The monoisotopic (exact) mass is 421 g/mol. The molecule has 8 heteroatoms. The van der Waals surface area contributed by atoms with Crippen LogP contribution in [0.5, 0.6) is 0 Å². The van der Waals surface area contributed by atoms with Crippen molar-refractivity contribution in [1.82, 2.24) is 15.0 Å². The fourth-order valence-corrected chi connectivity index (χ4v) is 5.58. The fourth-order valence-electron chi connectivity index (χ4n) is 3.10. The molecule has 1 amide bonds. The first-order valence-corrected chi connectivity index (χ1v) is 12.1. The Morgan fingerprint density at radius 2 is 1.93 bits per heavy atom. The minimum Gasteiger partial charge on any atom is -0.352 e. The van der Waals surface area contributed by atoms with Crippen LogP contribution in [0.2, 0.25) is 0 Å². The molecule has 6 nitrogen and oxygen atoms in total. The van der Waals surface area contributed by atoms with Gasteiger partial charge in [0.1, 0.15) is 0 Å². The predicted molar refractivity (Wildman–Crippen MR) is 111 cm³/mol. The smallest absolute Gasteiger partial charge is 0.251 e. The van der Waals surface area contributed by atoms with E-state index in [9.17, 15) is 13.2 Å². The third-order valence-electron chi connectivity index (χ3n) is 4.91. The standard InChI is InChI=1S/C20H27N3O3S2/c1-3-14(2)23-28(25,26)16-10-8-15(9-11-16)20(24)21-13-12-19-22-17-6-4-5-7-18(17)27-19/h8-11,14,23H,3-7,12-13H2,1-2H3,(H,21,24). The summed E-state index contributed by atoms with van der Waals surface area (Å²) in [6, 6.07) is 5.89. The van der Waals surface area contributed by atoms with E-state index in [1.807, 2.05) is 13.8 Å². The zero-order chi connectivity index (χ0) is 20.1. The number of amides is 1. The molecule has 0 spiro atoms. The van der Waals surface area contributed by atoms with E-state index < -0.39 is 10.0 Å². The number of hydrogen-bond donors (Lipinski definition) is 2. The van der Waals surface area contributed by atoms with E-state index in [1.165, 1.54) is 35.5 Å². The maximum absolute atomic E-state index is 12.3. The van der Waals surface area contributed by atoms with E-state index in [1.54, 1.807) is 23.5 Å². The van der Waals surface area contributed by atoms with Crippen molar-refractivity contribution in [2.75, 3.05) is 6.54 Å². The van der Waals surface area contributed by atoms with E-state index in [4.69, 9.17) is 0 Å². The molecule has 1 aromatic carbocycles. The number of thiazole rings is 1. The van der Waals surface area contributed by atoms with Crippen molar-refractivity contribution in [1.29, 1.82) is 0 Å². The van der Waals surface area contributed by atoms with E-state index in [-0.39, 0.29) is 16.8 Å². The van der Waals surface area contributed by atoms with Crippen LogP contribution in [0.1, 0.15) is 59.0 Å². The van der Waals surface area contributed by atoms with Crippen LogP contribution in [-0.2, 0) is 29.3 Å². The van der Waals surface area contributed by atoms with E-state index in [0.717, 1.165) is 17.8 Å². The van der Waals surface area contributed by atoms with Crippen molar-refractivity contribution < 1.29 is 13.2 Å². The Kier molecular flexibility index (Phi) is 6.85. The summed E-state index contributed by atoms with van der Waals surface area (Å²) in [6.07, 6.45) is 6.08. The summed E-state index contributed by atoms with van der Waals surface area (Å²) in [5.41, 5.74) is 1.68. The number of aromatic nitrogens is 1. The Labute approximate surface area is 170 Å². The van der Waals surface area contributed by atoms with Gasteiger partial charge in [0.05, 0.1) is 15.6 Å². The minimum absolute atomic E-state index is 0.135. The van der Waals surface area contributed by atoms with Crippen LogP contribution in [0, 0.1) is 0 Å². The molecular formula is C20H27N3O3S2. The van der Waals surface area contributed by atoms with Gasteiger partial charge in [0.25, 0.3) is 5.91 Å². The average Bonchev–Trinajstić information content (AvgIpc) is 3.10. The number of rotatable bonds is 8. The Bertz CT molecular complexity index is 897. The molecule has 0 saturated carbocycles. The van der Waals surface area contributed by atoms with Crippen molar-refractivity contribution in [3.8, 4) is 0 Å². The number of nitrogens with one attached hydrogen (secondary N) is 2. The fraction of sp³-hybridized carbons (Fsp3) is 0.500. The van der Waals surface area contributed by atoms with Gasteiger partial charge in [-0.3, -0.25) is 4.79 Å². The highest BCUT2D eigenvalue weighted by molar-refractivity contribution is 7.89. The number of sulfonamides is 1. The van der Waals surface area contributed by atoms with E-state index >= 15 is 0 Å². The molecule has 152 valence electrons. The number of hydrogen-bond acceptors (Lipinski definition) is 5. The molecule has 28 heavy (non-hydrogen) atoms. The van der Waals surface area contributed by atoms with Crippen molar-refractivity contribution in [3.05, 3.63) is 45.4 Å². The second-order valence-corrected chi connectivity index (χ2v) is 10.0. The lowest BCUT2D eigenvalue weighted by Gasteiger charge is -2.12. The maximum Gasteiger partial charge on any atom is 0.251 e. The molecule has 1 heterocycles. The van der Waals surface area contributed by atoms with Gasteiger partial charge >= 0.3 is 0 Å². The number of carbonyl (C=O) groups excluding carboxylic acids is 1. The second kappa shape index (κ2) is 9.15. The summed E-state index contributed by atoms with van der Waals surface area (Å²) in [5.74, 6) is -0.208. The minimum atomic E-state index is -3.56. The summed E-state index contributed by atoms with van der Waals surface area (Å²) >= 11 is 1.76. The predicted octanol–water partition coefficient (Wildman–Crippen LogP) is 3.07. The van der Waals surface area contributed by atoms with Gasteiger partial charge in [0.2, 0.25) is 10.0 Å². The molecule has 2 N–H and O–H groups in total. The first-order chi connectivity index (χ1) is 13.4. The molecule has 0 fully saturated rings. The molecule has 0 radical (unpaired) electrons. The third-order valence-corrected chi connectivity index (χ3v) is 7.73. The zero-order valence-electron chi connectivity index (χ0n) is 16.3. The zero-order valence-corrected chi connectivity index (χ0v) is 18.0. The Balaban J connectivity index is 1.54. The van der Waals surface area contributed by atoms with Crippen LogP contribution in [-0.4, -0.2) is 31.9 Å². The quantitative estimate of drug-likeness (QED) is 0.686. The summed E-state index contributed by atoms with van der Waals surface area (Å²) < 4.78 is 27.2. The van der Waals surface area contributed by atoms with Crippen LogP contribution in [0.15, 0.2) is 29.2 Å². The molecule has 3 rings (SSSR count). The molecule has 0 aliphatic heterocycles. The number of nitrogens with zero attached hydrogens (tertiary/aromatic N) is 1. The first kappa shape index (κ1) is 21.0. The van der Waals surface area contributed by atoms with Crippen molar-refractivity contribution in [2.45, 2.75) is 63.3 Å². The number of benzene rings is 1. The Hall–Kier alpha value is -1.77. The molecule has 1 aliphatic carbocycles. The van der Waals surface area contributed by atoms with Crippen LogP contribution < -0.4 is 10.0 Å². The number of fused-ring (bicyclic) bond motifs is 1. The topological polar surface area (TPSA) is 88.2 Å². The molecule has 1 aliphatic rings. The summed E-state index contributed by atoms with van der Waals surface area (Å²) in [5, 5.41) is 3.96. The van der Waals surface area contributed by atoms with Gasteiger partial charge in [-0.25, -0.2) is 18.1 Å². The maximum atomic E-state index is 12.3. The third kappa shape index (κ3) is 5.18. The van der Waals surface area contributed by atoms with Gasteiger partial charge in [-0.1, -0.05) is 6.92 Å². The van der Waals surface area contributed by atoms with Crippen LogP contribution in [0.25, 0.3) is 0 Å². The lowest BCUT2D eigenvalue weighted by Crippen LogP contribution is -2.32. The number of aryl methyl sites for hydroxylation is 2. The Morgan fingerprint density at radius 1 is 1.21 bits per heavy atom. The lowest BCUT2D eigenvalue weighted by atomic mass is 10.0. The highest BCUT2D eigenvalue weighted by Crippen LogP contribution is 2.26. The second-order valence-electron chi connectivity index (χ2n) is 7.15. The van der Waals surface area contributed by atoms with Crippen molar-refractivity contribution in [2.24, 2.45) is 0 Å². The molecule has 2 aromatic rings. The van der Waals surface area contributed by atoms with E-state index in [0.29, 0.717) is 24.9 Å². The van der Waals surface area contributed by atoms with Crippen LogP contribution in [0.4, 0.5) is 0 Å². The van der Waals surface area contributed by atoms with Gasteiger partial charge in [-0.2, -0.15) is 0 Å². The SMILES string of the molecule is CCC(C)NS(=O)(=O)c1ccc(C(=O)NCCc2nc3c(s2)CCCC3)cc1. The largest absolute Gasteiger partial charge is 0.352 e. The average molecular weight is 422 g/mol. The van der Waals surface area contributed by atoms with Crippen LogP contribution >= 0.6 is 11.3 Å². The number of carbonyl (C=O) groups is 1.